The molecule has 28 heavy (non-hydrogen) atoms. The van der Waals surface area contributed by atoms with Crippen LogP contribution in [0.5, 0.6) is 5.75 Å². The quantitative estimate of drug-likeness (QED) is 0.563. The van der Waals surface area contributed by atoms with Crippen LogP contribution < -0.4 is 9.46 Å². The monoisotopic (exact) mass is 414 g/mol. The molecule has 0 saturated heterocycles. The fourth-order valence-electron chi connectivity index (χ4n) is 2.39. The van der Waals surface area contributed by atoms with Gasteiger partial charge in [0, 0.05) is 24.0 Å². The molecule has 148 valence electrons. The molecule has 0 radical (unpaired) electrons. The molecule has 10 heteroatoms. The standard InChI is InChI=1S/C18H14F4N2O3S/c19-13-8-17(27-10-18(21)22)14(20)7-16(13)24-28(25,26)12-6-15(23-9-12)11-4-2-1-3-5-11/h1-9,18,23-24H,10H2. The Labute approximate surface area is 158 Å². The van der Waals surface area contributed by atoms with Gasteiger partial charge in [0.25, 0.3) is 16.4 Å². The molecule has 0 saturated carbocycles. The van der Waals surface area contributed by atoms with Gasteiger partial charge in [-0.15, -0.1) is 0 Å². The Bertz CT molecular complexity index is 1070. The van der Waals surface area contributed by atoms with Crippen molar-refractivity contribution in [3.8, 4) is 17.0 Å². The minimum Gasteiger partial charge on any atom is -0.484 e. The number of sulfonamides is 1. The smallest absolute Gasteiger partial charge is 0.272 e. The molecule has 0 aliphatic heterocycles. The van der Waals surface area contributed by atoms with E-state index in [2.05, 4.69) is 9.72 Å². The number of H-pyrrole nitrogens is 1. The first-order chi connectivity index (χ1) is 13.3. The van der Waals surface area contributed by atoms with E-state index in [9.17, 15) is 26.0 Å². The van der Waals surface area contributed by atoms with Crippen LogP contribution in [0.4, 0.5) is 23.2 Å². The Balaban J connectivity index is 1.83. The number of ether oxygens (including phenoxy) is 1. The van der Waals surface area contributed by atoms with E-state index >= 15 is 0 Å². The zero-order valence-electron chi connectivity index (χ0n) is 14.1. The van der Waals surface area contributed by atoms with Crippen LogP contribution in [0.2, 0.25) is 0 Å². The maximum absolute atomic E-state index is 14.1. The first kappa shape index (κ1) is 19.7. The van der Waals surface area contributed by atoms with Crippen LogP contribution in [0.25, 0.3) is 11.3 Å². The van der Waals surface area contributed by atoms with E-state index < -0.39 is 46.1 Å². The molecule has 1 heterocycles. The maximum atomic E-state index is 14.1. The van der Waals surface area contributed by atoms with Gasteiger partial charge in [-0.1, -0.05) is 30.3 Å². The Morgan fingerprint density at radius 3 is 2.43 bits per heavy atom. The number of nitrogens with one attached hydrogen (secondary N) is 2. The molecule has 2 N–H and O–H groups in total. The highest BCUT2D eigenvalue weighted by Gasteiger charge is 2.21. The van der Waals surface area contributed by atoms with Crippen molar-refractivity contribution < 1.29 is 30.7 Å². The van der Waals surface area contributed by atoms with Gasteiger partial charge in [0.1, 0.15) is 11.5 Å². The van der Waals surface area contributed by atoms with Crippen LogP contribution in [0, 0.1) is 11.6 Å². The fraction of sp³-hybridized carbons (Fsp3) is 0.111. The molecular weight excluding hydrogens is 400 g/mol. The third-order valence-corrected chi connectivity index (χ3v) is 5.03. The van der Waals surface area contributed by atoms with Gasteiger partial charge in [0.05, 0.1) is 5.69 Å². The van der Waals surface area contributed by atoms with Crippen molar-refractivity contribution in [3.63, 3.8) is 0 Å². The van der Waals surface area contributed by atoms with Gasteiger partial charge in [-0.2, -0.15) is 0 Å². The number of benzene rings is 2. The highest BCUT2D eigenvalue weighted by atomic mass is 32.2. The SMILES string of the molecule is O=S(=O)(Nc1cc(F)c(OCC(F)F)cc1F)c1c[nH]c(-c2ccccc2)c1. The highest BCUT2D eigenvalue weighted by Crippen LogP contribution is 2.28. The molecule has 0 amide bonds. The first-order valence-electron chi connectivity index (χ1n) is 7.93. The van der Waals surface area contributed by atoms with E-state index in [0.29, 0.717) is 17.8 Å². The Hall–Kier alpha value is -3.01. The van der Waals surface area contributed by atoms with E-state index in [4.69, 9.17) is 0 Å². The molecule has 3 rings (SSSR count). The third kappa shape index (κ3) is 4.45. The summed E-state index contributed by atoms with van der Waals surface area (Å²) in [5.74, 6) is -3.10. The van der Waals surface area contributed by atoms with Crippen molar-refractivity contribution in [3.05, 3.63) is 66.4 Å². The highest BCUT2D eigenvalue weighted by molar-refractivity contribution is 7.92. The zero-order chi connectivity index (χ0) is 20.3. The van der Waals surface area contributed by atoms with Gasteiger partial charge >= 0.3 is 0 Å². The van der Waals surface area contributed by atoms with Crippen LogP contribution >= 0.6 is 0 Å². The number of rotatable bonds is 7. The maximum Gasteiger partial charge on any atom is 0.272 e. The second kappa shape index (κ2) is 7.93. The number of aromatic amines is 1. The Morgan fingerprint density at radius 2 is 1.75 bits per heavy atom. The lowest BCUT2D eigenvalue weighted by molar-refractivity contribution is 0.0797. The summed E-state index contributed by atoms with van der Waals surface area (Å²) >= 11 is 0. The third-order valence-electron chi connectivity index (χ3n) is 3.68. The summed E-state index contributed by atoms with van der Waals surface area (Å²) in [6.45, 7) is -1.12. The van der Waals surface area contributed by atoms with E-state index in [1.165, 1.54) is 12.3 Å². The van der Waals surface area contributed by atoms with Crippen LogP contribution in [0.15, 0.2) is 59.6 Å². The second-order valence-electron chi connectivity index (χ2n) is 5.69. The number of halogens is 4. The second-order valence-corrected chi connectivity index (χ2v) is 7.37. The summed E-state index contributed by atoms with van der Waals surface area (Å²) < 4.78 is 83.6. The minimum atomic E-state index is -4.23. The zero-order valence-corrected chi connectivity index (χ0v) is 14.9. The molecule has 0 aliphatic carbocycles. The largest absolute Gasteiger partial charge is 0.484 e. The van der Waals surface area contributed by atoms with Crippen molar-refractivity contribution in [2.75, 3.05) is 11.3 Å². The molecule has 0 atom stereocenters. The van der Waals surface area contributed by atoms with Crippen molar-refractivity contribution in [1.82, 2.24) is 4.98 Å². The van der Waals surface area contributed by atoms with Gasteiger partial charge in [-0.3, -0.25) is 4.72 Å². The summed E-state index contributed by atoms with van der Waals surface area (Å²) in [5, 5.41) is 0. The molecule has 1 aromatic heterocycles. The average Bonchev–Trinajstić information content (AvgIpc) is 3.15. The number of aromatic nitrogens is 1. The average molecular weight is 414 g/mol. The first-order valence-corrected chi connectivity index (χ1v) is 9.41. The molecule has 0 fully saturated rings. The van der Waals surface area contributed by atoms with Gasteiger partial charge in [-0.05, 0) is 11.6 Å². The number of hydrogen-bond acceptors (Lipinski definition) is 3. The van der Waals surface area contributed by atoms with Crippen molar-refractivity contribution in [2.24, 2.45) is 0 Å². The number of hydrogen-bond donors (Lipinski definition) is 2. The molecular formula is C18H14F4N2O3S. The summed E-state index contributed by atoms with van der Waals surface area (Å²) in [7, 11) is -4.23. The molecule has 0 bridgehead atoms. The molecule has 0 spiro atoms. The van der Waals surface area contributed by atoms with E-state index in [-0.39, 0.29) is 4.90 Å². The molecule has 3 aromatic rings. The molecule has 5 nitrogen and oxygen atoms in total. The molecule has 0 aliphatic rings. The van der Waals surface area contributed by atoms with E-state index in [1.54, 1.807) is 30.3 Å². The normalized spacial score (nSPS) is 11.6. The summed E-state index contributed by atoms with van der Waals surface area (Å²) in [6, 6.07) is 11.3. The lowest BCUT2D eigenvalue weighted by atomic mass is 10.2. The molecule has 2 aromatic carbocycles. The fourth-order valence-corrected chi connectivity index (χ4v) is 3.44. The van der Waals surface area contributed by atoms with Gasteiger partial charge < -0.3 is 9.72 Å². The van der Waals surface area contributed by atoms with Crippen LogP contribution in [0.1, 0.15) is 0 Å². The number of anilines is 1. The number of alkyl halides is 2. The van der Waals surface area contributed by atoms with Crippen LogP contribution in [0.3, 0.4) is 0 Å². The Kier molecular flexibility index (Phi) is 5.59. The van der Waals surface area contributed by atoms with Crippen molar-refractivity contribution >= 4 is 15.7 Å². The summed E-state index contributed by atoms with van der Waals surface area (Å²) in [5.41, 5.74) is 0.578. The van der Waals surface area contributed by atoms with Crippen molar-refractivity contribution in [1.29, 1.82) is 0 Å². The molecule has 0 unspecified atom stereocenters. The lowest BCUT2D eigenvalue weighted by Crippen LogP contribution is -2.14. The van der Waals surface area contributed by atoms with E-state index in [1.807, 2.05) is 4.72 Å². The van der Waals surface area contributed by atoms with E-state index in [0.717, 1.165) is 5.56 Å². The topological polar surface area (TPSA) is 71.2 Å². The lowest BCUT2D eigenvalue weighted by Gasteiger charge is -2.11. The van der Waals surface area contributed by atoms with Crippen LogP contribution in [-0.2, 0) is 10.0 Å². The summed E-state index contributed by atoms with van der Waals surface area (Å²) in [4.78, 5) is 2.61. The van der Waals surface area contributed by atoms with Gasteiger partial charge in [-0.25, -0.2) is 26.0 Å². The van der Waals surface area contributed by atoms with Gasteiger partial charge in [0.2, 0.25) is 0 Å². The van der Waals surface area contributed by atoms with Crippen LogP contribution in [-0.4, -0.2) is 26.4 Å². The van der Waals surface area contributed by atoms with Crippen molar-refractivity contribution in [2.45, 2.75) is 11.3 Å². The minimum absolute atomic E-state index is 0.191. The van der Waals surface area contributed by atoms with Gasteiger partial charge in [0.15, 0.2) is 17.4 Å². The Morgan fingerprint density at radius 1 is 1.04 bits per heavy atom. The summed E-state index contributed by atoms with van der Waals surface area (Å²) in [6.07, 6.45) is -1.66. The predicted octanol–water partition coefficient (Wildman–Crippen LogP) is 4.40. The predicted molar refractivity (Wildman–Crippen MR) is 94.9 cm³/mol.